The van der Waals surface area contributed by atoms with E-state index < -0.39 is 0 Å². The fourth-order valence-corrected chi connectivity index (χ4v) is 2.07. The van der Waals surface area contributed by atoms with Gasteiger partial charge >= 0.3 is 0 Å². The van der Waals surface area contributed by atoms with Crippen LogP contribution in [-0.2, 0) is 5.41 Å². The number of hydrogen-bond donors (Lipinski definition) is 1. The van der Waals surface area contributed by atoms with Crippen molar-refractivity contribution in [3.05, 3.63) is 41.6 Å². The number of ether oxygens (including phenoxy) is 1. The average molecular weight is 285 g/mol. The highest BCUT2D eigenvalue weighted by Crippen LogP contribution is 2.34. The molecule has 0 atom stereocenters. The van der Waals surface area contributed by atoms with E-state index in [0.717, 1.165) is 12.3 Å². The molecule has 0 radical (unpaired) electrons. The summed E-state index contributed by atoms with van der Waals surface area (Å²) in [5, 5.41) is 3.09. The zero-order chi connectivity index (χ0) is 15.5. The van der Waals surface area contributed by atoms with Crippen LogP contribution in [0.5, 0.6) is 11.6 Å². The van der Waals surface area contributed by atoms with Gasteiger partial charge in [-0.2, -0.15) is 4.98 Å². The quantitative estimate of drug-likeness (QED) is 0.909. The molecule has 0 fully saturated rings. The third kappa shape index (κ3) is 3.94. The molecule has 0 spiro atoms. The Balaban J connectivity index is 2.33. The van der Waals surface area contributed by atoms with Crippen LogP contribution in [0.25, 0.3) is 0 Å². The predicted octanol–water partition coefficient (Wildman–Crippen LogP) is 4.31. The van der Waals surface area contributed by atoms with Crippen molar-refractivity contribution in [1.82, 2.24) is 9.97 Å². The summed E-state index contributed by atoms with van der Waals surface area (Å²) < 4.78 is 5.99. The van der Waals surface area contributed by atoms with Crippen molar-refractivity contribution >= 4 is 5.95 Å². The summed E-state index contributed by atoms with van der Waals surface area (Å²) >= 11 is 0. The molecule has 0 saturated heterocycles. The molecular weight excluding hydrogens is 262 g/mol. The van der Waals surface area contributed by atoms with Crippen molar-refractivity contribution in [3.63, 3.8) is 0 Å². The molecule has 1 aromatic carbocycles. The number of benzene rings is 1. The van der Waals surface area contributed by atoms with Crippen LogP contribution in [0.3, 0.4) is 0 Å². The minimum absolute atomic E-state index is 0.0128. The average Bonchev–Trinajstić information content (AvgIpc) is 2.40. The van der Waals surface area contributed by atoms with Crippen LogP contribution in [0.15, 0.2) is 30.5 Å². The molecule has 4 heteroatoms. The van der Waals surface area contributed by atoms with E-state index in [0.29, 0.717) is 11.8 Å². The zero-order valence-electron chi connectivity index (χ0n) is 13.4. The number of nitrogens with zero attached hydrogens (tertiary/aromatic N) is 2. The third-order valence-corrected chi connectivity index (χ3v) is 3.12. The first kappa shape index (κ1) is 15.3. The molecule has 0 bridgehead atoms. The lowest BCUT2D eigenvalue weighted by Gasteiger charge is -2.23. The third-order valence-electron chi connectivity index (χ3n) is 3.12. The van der Waals surface area contributed by atoms with E-state index in [4.69, 9.17) is 4.74 Å². The lowest BCUT2D eigenvalue weighted by atomic mass is 9.85. The SMILES string of the molecule is CCNc1nccc(Oc2ccc(C)cc2C(C)(C)C)n1. The Morgan fingerprint density at radius 1 is 1.19 bits per heavy atom. The molecule has 4 nitrogen and oxygen atoms in total. The molecule has 1 aromatic heterocycles. The largest absolute Gasteiger partial charge is 0.439 e. The first-order valence-electron chi connectivity index (χ1n) is 7.26. The number of nitrogens with one attached hydrogen (secondary N) is 1. The van der Waals surface area contributed by atoms with Gasteiger partial charge in [0.2, 0.25) is 11.8 Å². The highest BCUT2D eigenvalue weighted by molar-refractivity contribution is 5.43. The Hall–Kier alpha value is -2.10. The molecule has 0 saturated carbocycles. The maximum Gasteiger partial charge on any atom is 0.225 e. The van der Waals surface area contributed by atoms with Crippen molar-refractivity contribution in [1.29, 1.82) is 0 Å². The van der Waals surface area contributed by atoms with Gasteiger partial charge < -0.3 is 10.1 Å². The molecule has 0 aliphatic carbocycles. The summed E-state index contributed by atoms with van der Waals surface area (Å²) in [6.07, 6.45) is 1.70. The molecule has 1 N–H and O–H groups in total. The maximum atomic E-state index is 5.99. The smallest absolute Gasteiger partial charge is 0.225 e. The normalized spacial score (nSPS) is 11.3. The summed E-state index contributed by atoms with van der Waals surface area (Å²) in [7, 11) is 0. The highest BCUT2D eigenvalue weighted by atomic mass is 16.5. The molecule has 21 heavy (non-hydrogen) atoms. The maximum absolute atomic E-state index is 5.99. The molecule has 0 unspecified atom stereocenters. The van der Waals surface area contributed by atoms with Crippen molar-refractivity contribution < 1.29 is 4.74 Å². The van der Waals surface area contributed by atoms with Crippen molar-refractivity contribution in [3.8, 4) is 11.6 Å². The Morgan fingerprint density at radius 2 is 1.95 bits per heavy atom. The van der Waals surface area contributed by atoms with Crippen LogP contribution >= 0.6 is 0 Å². The molecule has 112 valence electrons. The second kappa shape index (κ2) is 6.12. The number of hydrogen-bond acceptors (Lipinski definition) is 4. The first-order chi connectivity index (χ1) is 9.90. The molecule has 0 aliphatic rings. The number of aromatic nitrogens is 2. The van der Waals surface area contributed by atoms with E-state index in [1.54, 1.807) is 12.3 Å². The van der Waals surface area contributed by atoms with Gasteiger partial charge in [0, 0.05) is 24.4 Å². The van der Waals surface area contributed by atoms with Crippen LogP contribution < -0.4 is 10.1 Å². The van der Waals surface area contributed by atoms with E-state index in [-0.39, 0.29) is 5.41 Å². The molecule has 1 heterocycles. The predicted molar refractivity (Wildman–Crippen MR) is 86.1 cm³/mol. The second-order valence-corrected chi connectivity index (χ2v) is 6.10. The van der Waals surface area contributed by atoms with Gasteiger partial charge in [-0.1, -0.05) is 38.5 Å². The van der Waals surface area contributed by atoms with Crippen LogP contribution in [0, 0.1) is 6.92 Å². The lowest BCUT2D eigenvalue weighted by molar-refractivity contribution is 0.439. The molecule has 0 aliphatic heterocycles. The number of aryl methyl sites for hydroxylation is 1. The van der Waals surface area contributed by atoms with Crippen molar-refractivity contribution in [2.45, 2.75) is 40.0 Å². The molecular formula is C17H23N3O. The summed E-state index contributed by atoms with van der Waals surface area (Å²) in [6.45, 7) is 11.4. The van der Waals surface area contributed by atoms with E-state index in [1.165, 1.54) is 11.1 Å². The van der Waals surface area contributed by atoms with E-state index in [9.17, 15) is 0 Å². The van der Waals surface area contributed by atoms with Gasteiger partial charge in [-0.25, -0.2) is 4.98 Å². The summed E-state index contributed by atoms with van der Waals surface area (Å²) in [5.74, 6) is 1.98. The Kier molecular flexibility index (Phi) is 4.46. The van der Waals surface area contributed by atoms with Crippen LogP contribution in [0.1, 0.15) is 38.8 Å². The molecule has 2 aromatic rings. The van der Waals surface area contributed by atoms with Gasteiger partial charge in [0.25, 0.3) is 0 Å². The van der Waals surface area contributed by atoms with Crippen LogP contribution in [0.4, 0.5) is 5.95 Å². The van der Waals surface area contributed by atoms with E-state index in [1.807, 2.05) is 13.0 Å². The summed E-state index contributed by atoms with van der Waals surface area (Å²) in [5.41, 5.74) is 2.41. The summed E-state index contributed by atoms with van der Waals surface area (Å²) in [4.78, 5) is 8.51. The van der Waals surface area contributed by atoms with Gasteiger partial charge in [-0.15, -0.1) is 0 Å². The van der Waals surface area contributed by atoms with Gasteiger partial charge in [-0.05, 0) is 25.3 Å². The minimum atomic E-state index is 0.0128. The van der Waals surface area contributed by atoms with Gasteiger partial charge in [0.05, 0.1) is 0 Å². The lowest BCUT2D eigenvalue weighted by Crippen LogP contribution is -2.13. The van der Waals surface area contributed by atoms with E-state index in [2.05, 4.69) is 55.1 Å². The number of rotatable bonds is 4. The fraction of sp³-hybridized carbons (Fsp3) is 0.412. The van der Waals surface area contributed by atoms with Crippen LogP contribution in [0.2, 0.25) is 0 Å². The van der Waals surface area contributed by atoms with E-state index >= 15 is 0 Å². The monoisotopic (exact) mass is 285 g/mol. The zero-order valence-corrected chi connectivity index (χ0v) is 13.4. The second-order valence-electron chi connectivity index (χ2n) is 6.10. The van der Waals surface area contributed by atoms with Crippen molar-refractivity contribution in [2.75, 3.05) is 11.9 Å². The minimum Gasteiger partial charge on any atom is -0.439 e. The molecule has 2 rings (SSSR count). The first-order valence-corrected chi connectivity index (χ1v) is 7.26. The van der Waals surface area contributed by atoms with Gasteiger partial charge in [-0.3, -0.25) is 0 Å². The van der Waals surface area contributed by atoms with Crippen LogP contribution in [-0.4, -0.2) is 16.5 Å². The van der Waals surface area contributed by atoms with Crippen molar-refractivity contribution in [2.24, 2.45) is 0 Å². The topological polar surface area (TPSA) is 47.0 Å². The number of anilines is 1. The Bertz CT molecular complexity index is 618. The van der Waals surface area contributed by atoms with Gasteiger partial charge in [0.1, 0.15) is 5.75 Å². The Labute approximate surface area is 126 Å². The Morgan fingerprint density at radius 3 is 2.62 bits per heavy atom. The van der Waals surface area contributed by atoms with Gasteiger partial charge in [0.15, 0.2) is 0 Å². The molecule has 0 amide bonds. The highest BCUT2D eigenvalue weighted by Gasteiger charge is 2.19. The fourth-order valence-electron chi connectivity index (χ4n) is 2.07. The standard InChI is InChI=1S/C17H23N3O/c1-6-18-16-19-10-9-15(20-16)21-14-8-7-12(2)11-13(14)17(3,4)5/h7-11H,6H2,1-5H3,(H,18,19,20). The summed E-state index contributed by atoms with van der Waals surface area (Å²) in [6, 6.07) is 8.00.